The smallest absolute Gasteiger partial charge is 0.162 e. The molecule has 2 bridgehead atoms. The van der Waals surface area contributed by atoms with Gasteiger partial charge in [-0.15, -0.1) is 0 Å². The summed E-state index contributed by atoms with van der Waals surface area (Å²) in [7, 11) is 1.64. The Balaban J connectivity index is 1.65. The zero-order chi connectivity index (χ0) is 18.1. The van der Waals surface area contributed by atoms with Crippen LogP contribution in [0, 0.1) is 5.92 Å². The van der Waals surface area contributed by atoms with Crippen LogP contribution >= 0.6 is 0 Å². The molecule has 0 amide bonds. The number of rotatable bonds is 3. The fourth-order valence-corrected chi connectivity index (χ4v) is 5.85. The molecule has 4 unspecified atom stereocenters. The minimum atomic E-state index is -1.06. The first-order valence-electron chi connectivity index (χ1n) is 9.81. The number of piperidine rings is 1. The number of ketones is 1. The molecule has 26 heavy (non-hydrogen) atoms. The molecule has 2 N–H and O–H groups in total. The van der Waals surface area contributed by atoms with Crippen LogP contribution in [0.2, 0.25) is 0 Å². The molecule has 140 valence electrons. The highest BCUT2D eigenvalue weighted by Crippen LogP contribution is 2.58. The van der Waals surface area contributed by atoms with Crippen LogP contribution in [0.5, 0.6) is 5.75 Å². The highest BCUT2D eigenvalue weighted by Gasteiger charge is 2.66. The number of methoxy groups -OCH3 is 1. The van der Waals surface area contributed by atoms with Crippen LogP contribution in [0.1, 0.15) is 43.2 Å². The molecule has 4 atom stereocenters. The van der Waals surface area contributed by atoms with E-state index in [0.717, 1.165) is 43.2 Å². The Hall–Kier alpha value is -1.43. The van der Waals surface area contributed by atoms with Gasteiger partial charge in [-0.3, -0.25) is 9.69 Å². The van der Waals surface area contributed by atoms with Gasteiger partial charge < -0.3 is 14.9 Å². The van der Waals surface area contributed by atoms with Crippen LogP contribution < -0.4 is 4.74 Å². The molecule has 3 fully saturated rings. The zero-order valence-electron chi connectivity index (χ0n) is 15.3. The summed E-state index contributed by atoms with van der Waals surface area (Å²) in [5.41, 5.74) is 0.607. The molecular weight excluding hydrogens is 330 g/mol. The standard InChI is InChI=1S/C21H27NO4/c1-26-15-5-4-14-8-19-21(25)11-18(24)17(23)10-20(21,16(14)9-15)6-7-22(19)12-13-2-3-13/h4-5,9,13,18-19,24-25H,2-3,6-8,10-12H2,1H3. The van der Waals surface area contributed by atoms with E-state index in [1.807, 2.05) is 12.1 Å². The second-order valence-electron chi connectivity index (χ2n) is 8.80. The van der Waals surface area contributed by atoms with Gasteiger partial charge in [-0.2, -0.15) is 0 Å². The lowest BCUT2D eigenvalue weighted by molar-refractivity contribution is -0.189. The van der Waals surface area contributed by atoms with Gasteiger partial charge in [0.25, 0.3) is 0 Å². The van der Waals surface area contributed by atoms with Crippen LogP contribution in [0.25, 0.3) is 0 Å². The van der Waals surface area contributed by atoms with Gasteiger partial charge in [-0.25, -0.2) is 0 Å². The summed E-state index contributed by atoms with van der Waals surface area (Å²) in [4.78, 5) is 14.9. The van der Waals surface area contributed by atoms with Crippen molar-refractivity contribution in [1.82, 2.24) is 4.90 Å². The third-order valence-electron chi connectivity index (χ3n) is 7.43. The number of fused-ring (bicyclic) bond motifs is 1. The number of aliphatic hydroxyl groups is 2. The lowest BCUT2D eigenvalue weighted by atomic mass is 9.49. The first-order valence-corrected chi connectivity index (χ1v) is 9.81. The summed E-state index contributed by atoms with van der Waals surface area (Å²) in [6.07, 6.45) is 3.40. The lowest BCUT2D eigenvalue weighted by Gasteiger charge is -2.64. The third kappa shape index (κ3) is 2.17. The molecule has 2 saturated carbocycles. The van der Waals surface area contributed by atoms with Gasteiger partial charge in [-0.05, 0) is 61.4 Å². The first-order chi connectivity index (χ1) is 12.5. The predicted molar refractivity (Wildman–Crippen MR) is 96.3 cm³/mol. The molecule has 5 nitrogen and oxygen atoms in total. The first kappa shape index (κ1) is 16.7. The van der Waals surface area contributed by atoms with E-state index < -0.39 is 17.1 Å². The number of hydrogen-bond donors (Lipinski definition) is 2. The minimum Gasteiger partial charge on any atom is -0.497 e. The van der Waals surface area contributed by atoms with E-state index in [1.54, 1.807) is 7.11 Å². The maximum Gasteiger partial charge on any atom is 0.162 e. The Labute approximate surface area is 154 Å². The molecule has 1 saturated heterocycles. The molecule has 3 aliphatic carbocycles. The maximum absolute atomic E-state index is 12.5. The molecule has 1 aliphatic heterocycles. The van der Waals surface area contributed by atoms with Gasteiger partial charge >= 0.3 is 0 Å². The average Bonchev–Trinajstić information content (AvgIpc) is 3.43. The third-order valence-corrected chi connectivity index (χ3v) is 7.43. The van der Waals surface area contributed by atoms with Crippen molar-refractivity contribution in [3.05, 3.63) is 29.3 Å². The second-order valence-corrected chi connectivity index (χ2v) is 8.80. The Kier molecular flexibility index (Phi) is 3.56. The molecule has 1 heterocycles. The van der Waals surface area contributed by atoms with Crippen molar-refractivity contribution in [2.45, 2.75) is 61.7 Å². The van der Waals surface area contributed by atoms with Crippen LogP contribution in [0.15, 0.2) is 18.2 Å². The Morgan fingerprint density at radius 2 is 2.15 bits per heavy atom. The normalized spacial score (nSPS) is 39.3. The van der Waals surface area contributed by atoms with Crippen LogP contribution in [0.4, 0.5) is 0 Å². The number of aliphatic hydroxyl groups excluding tert-OH is 1. The summed E-state index contributed by atoms with van der Waals surface area (Å²) in [6, 6.07) is 6.05. The van der Waals surface area contributed by atoms with Gasteiger partial charge in [0.15, 0.2) is 5.78 Å². The van der Waals surface area contributed by atoms with Gasteiger partial charge in [0, 0.05) is 30.8 Å². The average molecular weight is 357 g/mol. The number of nitrogens with zero attached hydrogens (tertiary/aromatic N) is 1. The fourth-order valence-electron chi connectivity index (χ4n) is 5.85. The van der Waals surface area contributed by atoms with Crippen LogP contribution in [0.3, 0.4) is 0 Å². The van der Waals surface area contributed by atoms with Crippen molar-refractivity contribution in [2.24, 2.45) is 5.92 Å². The Bertz CT molecular complexity index is 760. The fraction of sp³-hybridized carbons (Fsp3) is 0.667. The Morgan fingerprint density at radius 3 is 2.88 bits per heavy atom. The summed E-state index contributed by atoms with van der Waals surface area (Å²) in [5, 5.41) is 22.3. The topological polar surface area (TPSA) is 70.0 Å². The molecule has 5 heteroatoms. The number of ether oxygens (including phenoxy) is 1. The molecule has 1 aromatic rings. The van der Waals surface area contributed by atoms with Gasteiger partial charge in [-0.1, -0.05) is 6.07 Å². The van der Waals surface area contributed by atoms with E-state index in [9.17, 15) is 15.0 Å². The van der Waals surface area contributed by atoms with E-state index in [1.165, 1.54) is 18.4 Å². The number of carbonyl (C=O) groups is 1. The zero-order valence-corrected chi connectivity index (χ0v) is 15.3. The number of hydrogen-bond acceptors (Lipinski definition) is 5. The molecule has 1 aromatic carbocycles. The van der Waals surface area contributed by atoms with Crippen molar-refractivity contribution in [3.8, 4) is 5.75 Å². The molecule has 0 spiro atoms. The second kappa shape index (κ2) is 5.54. The monoisotopic (exact) mass is 357 g/mol. The lowest BCUT2D eigenvalue weighted by Crippen LogP contribution is -2.75. The molecule has 5 rings (SSSR count). The SMILES string of the molecule is COc1ccc2c(c1)C13CCN(CC4CC4)C(C2)C1(O)CC(O)C(=O)C3. The highest BCUT2D eigenvalue weighted by molar-refractivity contribution is 5.86. The summed E-state index contributed by atoms with van der Waals surface area (Å²) in [6.45, 7) is 1.93. The van der Waals surface area contributed by atoms with Gasteiger partial charge in [0.1, 0.15) is 11.9 Å². The molecule has 0 radical (unpaired) electrons. The molecule has 4 aliphatic rings. The largest absolute Gasteiger partial charge is 0.497 e. The quantitative estimate of drug-likeness (QED) is 0.856. The van der Waals surface area contributed by atoms with E-state index in [0.29, 0.717) is 0 Å². The van der Waals surface area contributed by atoms with Gasteiger partial charge in [0.05, 0.1) is 12.7 Å². The van der Waals surface area contributed by atoms with Gasteiger partial charge in [0.2, 0.25) is 0 Å². The molecule has 0 aromatic heterocycles. The number of Topliss-reactive ketones (excluding diaryl/α,β-unsaturated/α-hetero) is 1. The number of benzene rings is 1. The predicted octanol–water partition coefficient (Wildman–Crippen LogP) is 1.43. The van der Waals surface area contributed by atoms with Crippen molar-refractivity contribution >= 4 is 5.78 Å². The van der Waals surface area contributed by atoms with E-state index in [4.69, 9.17) is 4.74 Å². The number of likely N-dealkylation sites (tertiary alicyclic amines) is 1. The summed E-state index contributed by atoms with van der Waals surface area (Å²) in [5.74, 6) is 1.37. The van der Waals surface area contributed by atoms with Crippen molar-refractivity contribution < 1.29 is 19.7 Å². The Morgan fingerprint density at radius 1 is 1.35 bits per heavy atom. The van der Waals surface area contributed by atoms with E-state index in [2.05, 4.69) is 11.0 Å². The summed E-state index contributed by atoms with van der Waals surface area (Å²) < 4.78 is 5.43. The summed E-state index contributed by atoms with van der Waals surface area (Å²) >= 11 is 0. The van der Waals surface area contributed by atoms with Crippen molar-refractivity contribution in [1.29, 1.82) is 0 Å². The van der Waals surface area contributed by atoms with Crippen molar-refractivity contribution in [3.63, 3.8) is 0 Å². The van der Waals surface area contributed by atoms with Crippen molar-refractivity contribution in [2.75, 3.05) is 20.2 Å². The van der Waals surface area contributed by atoms with Crippen LogP contribution in [-0.4, -0.2) is 58.8 Å². The maximum atomic E-state index is 12.5. The highest BCUT2D eigenvalue weighted by atomic mass is 16.5. The molecular formula is C21H27NO4. The minimum absolute atomic E-state index is 0.0273. The van der Waals surface area contributed by atoms with E-state index in [-0.39, 0.29) is 24.7 Å². The van der Waals surface area contributed by atoms with Crippen LogP contribution in [-0.2, 0) is 16.6 Å². The van der Waals surface area contributed by atoms with E-state index >= 15 is 0 Å². The number of carbonyl (C=O) groups excluding carboxylic acids is 1.